The van der Waals surface area contributed by atoms with Crippen LogP contribution in [0.1, 0.15) is 30.7 Å². The van der Waals surface area contributed by atoms with Crippen molar-refractivity contribution < 1.29 is 49.0 Å². The van der Waals surface area contributed by atoms with Gasteiger partial charge in [-0.3, -0.25) is 14.5 Å². The van der Waals surface area contributed by atoms with Crippen LogP contribution in [0.4, 0.5) is 5.13 Å². The number of carbonyl (C=O) groups excluding carboxylic acids is 2. The van der Waals surface area contributed by atoms with Crippen molar-refractivity contribution in [3.05, 3.63) is 107 Å². The van der Waals surface area contributed by atoms with Gasteiger partial charge in [0.15, 0.2) is 41.3 Å². The molecular weight excluding hydrogens is 725 g/mol. The van der Waals surface area contributed by atoms with E-state index in [0.29, 0.717) is 12.1 Å². The predicted octanol–water partition coefficient (Wildman–Crippen LogP) is 3.18. The van der Waals surface area contributed by atoms with Crippen molar-refractivity contribution in [2.24, 2.45) is 5.16 Å². The second-order valence-corrected chi connectivity index (χ2v) is 14.5. The highest BCUT2D eigenvalue weighted by Crippen LogP contribution is 2.41. The molecule has 1 fully saturated rings. The van der Waals surface area contributed by atoms with Gasteiger partial charge in [-0.15, -0.1) is 23.1 Å². The molecule has 0 saturated carbocycles. The predicted molar refractivity (Wildman–Crippen MR) is 196 cm³/mol. The monoisotopic (exact) mass is 757 g/mol. The maximum absolute atomic E-state index is 13.3. The third-order valence-electron chi connectivity index (χ3n) is 8.37. The van der Waals surface area contributed by atoms with E-state index in [1.807, 2.05) is 53.4 Å². The molecule has 6 rings (SSSR count). The van der Waals surface area contributed by atoms with Crippen LogP contribution in [-0.4, -0.2) is 82.5 Å². The van der Waals surface area contributed by atoms with Crippen LogP contribution >= 0.6 is 23.1 Å². The summed E-state index contributed by atoms with van der Waals surface area (Å²) in [7, 11) is 0. The minimum Gasteiger partial charge on any atom is -0.504 e. The van der Waals surface area contributed by atoms with Crippen molar-refractivity contribution in [3.8, 4) is 22.6 Å². The van der Waals surface area contributed by atoms with Gasteiger partial charge in [0.1, 0.15) is 22.8 Å². The maximum atomic E-state index is 13.3. The molecular formula is C36H33N6O9S2+. The number of carboxylic acid groups (broad SMARTS) is 2. The van der Waals surface area contributed by atoms with Crippen LogP contribution in [-0.2, 0) is 30.6 Å². The number of thioether (sulfide) groups is 1. The summed E-state index contributed by atoms with van der Waals surface area (Å²) in [6.45, 7) is 3.07. The zero-order valence-corrected chi connectivity index (χ0v) is 29.8. The number of phenolic OH excluding ortho intramolecular Hbond substituents is 2. The third kappa shape index (κ3) is 7.85. The lowest BCUT2D eigenvalue weighted by Crippen LogP contribution is -2.71. The standard InChI is InChI=1S/C36H32N6O9S2/c1-36(2,34(49)50)51-40-27(24-18-53-35(37)38-24)30(45)39-28-31(46)42-29(33(47)48)23(17-52-32(28)42)8-7-19-3-5-20(6-4-19)16-41-13-11-21(12-14-41)22-9-10-25(43)26(44)15-22/h3-15,18,28,32H,16-17H2,1-2H3,(H6,37,38,39,44,45,47,48,49,50)/p+1/b8-7+,40-27-/t28-,32-/m1/s1. The molecule has 4 aromatic rings. The number of nitrogens with two attached hydrogens (primary N) is 1. The Morgan fingerprint density at radius 1 is 1.06 bits per heavy atom. The fraction of sp³-hybridized carbons (Fsp3) is 0.194. The number of hydrogen-bond acceptors (Lipinski definition) is 12. The van der Waals surface area contributed by atoms with E-state index in [0.717, 1.165) is 38.5 Å². The number of pyridine rings is 1. The fourth-order valence-electron chi connectivity index (χ4n) is 5.38. The largest absolute Gasteiger partial charge is 0.504 e. The molecule has 1 saturated heterocycles. The Morgan fingerprint density at radius 2 is 1.77 bits per heavy atom. The molecule has 2 amide bonds. The van der Waals surface area contributed by atoms with Gasteiger partial charge in [-0.05, 0) is 48.2 Å². The summed E-state index contributed by atoms with van der Waals surface area (Å²) in [5.74, 6) is -4.26. The van der Waals surface area contributed by atoms with E-state index in [2.05, 4.69) is 15.5 Å². The molecule has 0 radical (unpaired) electrons. The third-order valence-corrected chi connectivity index (χ3v) is 10.3. The number of nitrogens with one attached hydrogen (secondary N) is 1. The molecule has 2 aliphatic heterocycles. The average molecular weight is 758 g/mol. The van der Waals surface area contributed by atoms with E-state index in [1.54, 1.807) is 18.2 Å². The summed E-state index contributed by atoms with van der Waals surface area (Å²) in [5.41, 5.74) is 7.27. The Labute approximate surface area is 310 Å². The van der Waals surface area contributed by atoms with Gasteiger partial charge in [-0.1, -0.05) is 47.6 Å². The molecule has 7 N–H and O–H groups in total. The molecule has 53 heavy (non-hydrogen) atoms. The highest BCUT2D eigenvalue weighted by molar-refractivity contribution is 8.00. The summed E-state index contributed by atoms with van der Waals surface area (Å²) >= 11 is 2.30. The molecule has 0 unspecified atom stereocenters. The number of amides is 2. The molecule has 2 aromatic carbocycles. The second-order valence-electron chi connectivity index (χ2n) is 12.5. The Morgan fingerprint density at radius 3 is 2.40 bits per heavy atom. The number of phenols is 2. The molecule has 15 nitrogen and oxygen atoms in total. The van der Waals surface area contributed by atoms with Gasteiger partial charge in [0, 0.05) is 28.8 Å². The average Bonchev–Trinajstić information content (AvgIpc) is 3.56. The zero-order chi connectivity index (χ0) is 38.0. The number of aliphatic carboxylic acids is 2. The van der Waals surface area contributed by atoms with Crippen molar-refractivity contribution in [2.45, 2.75) is 37.4 Å². The quantitative estimate of drug-likeness (QED) is 0.0403. The number of carboxylic acids is 2. The number of fused-ring (bicyclic) bond motifs is 1. The van der Waals surface area contributed by atoms with Crippen molar-refractivity contribution in [1.29, 1.82) is 0 Å². The van der Waals surface area contributed by atoms with Crippen LogP contribution in [0.25, 0.3) is 17.2 Å². The Balaban J connectivity index is 1.12. The molecule has 2 atom stereocenters. The van der Waals surface area contributed by atoms with Gasteiger partial charge in [0.2, 0.25) is 5.60 Å². The SMILES string of the molecule is CC(C)(O/N=C(\C(=O)N[C@@H]1C(=O)N2C(C(=O)O)=C(/C=C/c3ccc(C[n+]4ccc(-c5ccc(O)c(O)c5)cc4)cc3)CS[C@H]12)c1csc(N)n1)C(=O)O. The van der Waals surface area contributed by atoms with E-state index >= 15 is 0 Å². The highest BCUT2D eigenvalue weighted by Gasteiger charge is 2.54. The number of thiazole rings is 1. The molecule has 2 aliphatic rings. The van der Waals surface area contributed by atoms with E-state index in [-0.39, 0.29) is 33.8 Å². The van der Waals surface area contributed by atoms with Crippen LogP contribution in [0.5, 0.6) is 11.5 Å². The van der Waals surface area contributed by atoms with Gasteiger partial charge in [-0.25, -0.2) is 19.1 Å². The summed E-state index contributed by atoms with van der Waals surface area (Å²) in [5, 5.41) is 46.0. The number of oxime groups is 1. The number of β-lactam (4-membered cyclic amide) rings is 1. The Bertz CT molecular complexity index is 2200. The summed E-state index contributed by atoms with van der Waals surface area (Å²) in [4.78, 5) is 60.9. The molecule has 17 heteroatoms. The number of anilines is 1. The lowest BCUT2D eigenvalue weighted by atomic mass is 10.0. The minimum absolute atomic E-state index is 0.0135. The zero-order valence-electron chi connectivity index (χ0n) is 28.2. The first-order chi connectivity index (χ1) is 25.2. The molecule has 2 aromatic heterocycles. The second kappa shape index (κ2) is 14.8. The van der Waals surface area contributed by atoms with Gasteiger partial charge in [-0.2, -0.15) is 0 Å². The summed E-state index contributed by atoms with van der Waals surface area (Å²) in [6, 6.07) is 15.1. The summed E-state index contributed by atoms with van der Waals surface area (Å²) < 4.78 is 1.99. The van der Waals surface area contributed by atoms with Crippen LogP contribution in [0, 0.1) is 0 Å². The number of nitrogens with zero attached hydrogens (tertiary/aromatic N) is 4. The molecule has 272 valence electrons. The number of allylic oxidation sites excluding steroid dienone is 1. The van der Waals surface area contributed by atoms with E-state index in [9.17, 15) is 39.6 Å². The Hall–Kier alpha value is -6.20. The minimum atomic E-state index is -1.78. The molecule has 0 spiro atoms. The van der Waals surface area contributed by atoms with Gasteiger partial charge < -0.3 is 36.3 Å². The van der Waals surface area contributed by atoms with E-state index in [4.69, 9.17) is 10.6 Å². The number of benzene rings is 2. The van der Waals surface area contributed by atoms with E-state index in [1.165, 1.54) is 43.1 Å². The lowest BCUT2D eigenvalue weighted by molar-refractivity contribution is -0.688. The van der Waals surface area contributed by atoms with Gasteiger partial charge in [0.25, 0.3) is 11.8 Å². The fourth-order valence-corrected chi connectivity index (χ4v) is 7.25. The van der Waals surface area contributed by atoms with Crippen molar-refractivity contribution in [3.63, 3.8) is 0 Å². The molecule has 0 bridgehead atoms. The van der Waals surface area contributed by atoms with Crippen molar-refractivity contribution in [1.82, 2.24) is 15.2 Å². The van der Waals surface area contributed by atoms with Gasteiger partial charge >= 0.3 is 11.9 Å². The topological polar surface area (TPSA) is 229 Å². The smallest absolute Gasteiger partial charge is 0.352 e. The lowest BCUT2D eigenvalue weighted by Gasteiger charge is -2.49. The first kappa shape index (κ1) is 36.6. The number of hydrogen-bond donors (Lipinski definition) is 6. The Kier molecular flexibility index (Phi) is 10.2. The number of rotatable bonds is 12. The van der Waals surface area contributed by atoms with Crippen LogP contribution in [0.2, 0.25) is 0 Å². The molecule has 4 heterocycles. The van der Waals surface area contributed by atoms with E-state index < -0.39 is 46.5 Å². The number of aromatic hydroxyl groups is 2. The van der Waals surface area contributed by atoms with Crippen LogP contribution in [0.15, 0.2) is 94.9 Å². The van der Waals surface area contributed by atoms with Crippen molar-refractivity contribution in [2.75, 3.05) is 11.5 Å². The maximum Gasteiger partial charge on any atom is 0.352 e. The first-order valence-electron chi connectivity index (χ1n) is 15.9. The van der Waals surface area contributed by atoms with Crippen LogP contribution in [0.3, 0.4) is 0 Å². The van der Waals surface area contributed by atoms with Crippen molar-refractivity contribution >= 4 is 63.8 Å². The molecule has 0 aliphatic carbocycles. The van der Waals surface area contributed by atoms with Crippen LogP contribution < -0.4 is 15.6 Å². The number of carbonyl (C=O) groups is 4. The first-order valence-corrected chi connectivity index (χ1v) is 17.9. The highest BCUT2D eigenvalue weighted by atomic mass is 32.2. The van der Waals surface area contributed by atoms with Gasteiger partial charge in [0.05, 0.1) is 0 Å². The normalized spacial score (nSPS) is 17.4. The number of aromatic nitrogens is 2. The number of nitrogen functional groups attached to an aromatic ring is 1. The summed E-state index contributed by atoms with van der Waals surface area (Å²) in [6.07, 6.45) is 7.25.